The fourth-order valence-corrected chi connectivity index (χ4v) is 3.50. The summed E-state index contributed by atoms with van der Waals surface area (Å²) in [5, 5.41) is 0. The topological polar surface area (TPSA) is 76.2 Å². The van der Waals surface area contributed by atoms with Gasteiger partial charge < -0.3 is 14.4 Å². The molecule has 1 aromatic rings. The Hall–Kier alpha value is -1.96. The van der Waals surface area contributed by atoms with Crippen LogP contribution in [-0.4, -0.2) is 58.8 Å². The van der Waals surface area contributed by atoms with E-state index in [0.29, 0.717) is 36.9 Å². The lowest BCUT2D eigenvalue weighted by Gasteiger charge is -2.26. The van der Waals surface area contributed by atoms with Gasteiger partial charge in [-0.05, 0) is 18.6 Å². The first kappa shape index (κ1) is 19.4. The zero-order valence-corrected chi connectivity index (χ0v) is 15.8. The molecular formula is C17H26N2O5S. The number of nitrogens with zero attached hydrogens (tertiary/aromatic N) is 2. The van der Waals surface area contributed by atoms with Crippen molar-refractivity contribution in [1.82, 2.24) is 4.90 Å². The molecule has 0 aromatic heterocycles. The molecule has 1 amide bonds. The van der Waals surface area contributed by atoms with Gasteiger partial charge in [-0.3, -0.25) is 9.10 Å². The van der Waals surface area contributed by atoms with Crippen molar-refractivity contribution in [1.29, 1.82) is 0 Å². The van der Waals surface area contributed by atoms with Crippen molar-refractivity contribution < 1.29 is 22.7 Å². The molecule has 0 unspecified atom stereocenters. The molecule has 1 aliphatic heterocycles. The molecule has 8 heteroatoms. The number of sulfonamides is 1. The lowest BCUT2D eigenvalue weighted by atomic mass is 10.2. The summed E-state index contributed by atoms with van der Waals surface area (Å²) in [4.78, 5) is 13.9. The molecule has 1 aliphatic rings. The number of hydrogen-bond acceptors (Lipinski definition) is 5. The van der Waals surface area contributed by atoms with Gasteiger partial charge in [-0.25, -0.2) is 8.42 Å². The number of benzene rings is 1. The number of amides is 1. The third-order valence-electron chi connectivity index (χ3n) is 4.02. The van der Waals surface area contributed by atoms with Gasteiger partial charge in [-0.1, -0.05) is 13.3 Å². The number of hydrogen-bond donors (Lipinski definition) is 0. The standard InChI is InChI=1S/C17H26N2O5S/c1-4-5-9-18(2)17(20)8-10-19(25(3,21)22)14-6-7-15-16(13-14)24-12-11-23-15/h6-7,13H,4-5,8-12H2,1-3H3. The van der Waals surface area contributed by atoms with Gasteiger partial charge in [0.05, 0.1) is 11.9 Å². The van der Waals surface area contributed by atoms with Crippen molar-refractivity contribution in [2.75, 3.05) is 43.9 Å². The number of fused-ring (bicyclic) bond motifs is 1. The third-order valence-corrected chi connectivity index (χ3v) is 5.21. The van der Waals surface area contributed by atoms with Crippen LogP contribution < -0.4 is 13.8 Å². The molecule has 0 radical (unpaired) electrons. The van der Waals surface area contributed by atoms with E-state index in [1.165, 1.54) is 4.31 Å². The van der Waals surface area contributed by atoms with Crippen LogP contribution in [0.15, 0.2) is 18.2 Å². The zero-order chi connectivity index (χ0) is 18.4. The molecule has 0 atom stereocenters. The van der Waals surface area contributed by atoms with E-state index < -0.39 is 10.0 Å². The van der Waals surface area contributed by atoms with Gasteiger partial charge in [0.1, 0.15) is 13.2 Å². The Morgan fingerprint density at radius 2 is 1.84 bits per heavy atom. The summed E-state index contributed by atoms with van der Waals surface area (Å²) < 4.78 is 36.6. The molecule has 0 saturated carbocycles. The first-order valence-electron chi connectivity index (χ1n) is 8.44. The molecule has 25 heavy (non-hydrogen) atoms. The zero-order valence-electron chi connectivity index (χ0n) is 15.0. The summed E-state index contributed by atoms with van der Waals surface area (Å²) >= 11 is 0. The van der Waals surface area contributed by atoms with Gasteiger partial charge in [0.25, 0.3) is 0 Å². The SMILES string of the molecule is CCCCN(C)C(=O)CCN(c1ccc2c(c1)OCCO2)S(C)(=O)=O. The smallest absolute Gasteiger partial charge is 0.232 e. The van der Waals surface area contributed by atoms with Crippen molar-refractivity contribution in [2.24, 2.45) is 0 Å². The van der Waals surface area contributed by atoms with Crippen molar-refractivity contribution in [3.05, 3.63) is 18.2 Å². The van der Waals surface area contributed by atoms with Crippen LogP contribution in [0.1, 0.15) is 26.2 Å². The maximum Gasteiger partial charge on any atom is 0.232 e. The van der Waals surface area contributed by atoms with Crippen LogP contribution in [0.3, 0.4) is 0 Å². The first-order valence-corrected chi connectivity index (χ1v) is 10.3. The highest BCUT2D eigenvalue weighted by atomic mass is 32.2. The summed E-state index contributed by atoms with van der Waals surface area (Å²) in [5.41, 5.74) is 0.468. The Bertz CT molecular complexity index is 705. The summed E-state index contributed by atoms with van der Waals surface area (Å²) in [5.74, 6) is 1.04. The van der Waals surface area contributed by atoms with Gasteiger partial charge in [0.2, 0.25) is 15.9 Å². The number of rotatable bonds is 8. The van der Waals surface area contributed by atoms with Crippen LogP contribution in [0.4, 0.5) is 5.69 Å². The molecule has 0 bridgehead atoms. The van der Waals surface area contributed by atoms with Gasteiger partial charge >= 0.3 is 0 Å². The van der Waals surface area contributed by atoms with Crippen LogP contribution in [0, 0.1) is 0 Å². The van der Waals surface area contributed by atoms with Gasteiger partial charge in [0.15, 0.2) is 11.5 Å². The number of anilines is 1. The van der Waals surface area contributed by atoms with Gasteiger partial charge in [0, 0.05) is 32.6 Å². The van der Waals surface area contributed by atoms with Crippen LogP contribution in [0.2, 0.25) is 0 Å². The average molecular weight is 370 g/mol. The largest absolute Gasteiger partial charge is 0.486 e. The second-order valence-corrected chi connectivity index (χ2v) is 7.99. The quantitative estimate of drug-likeness (QED) is 0.698. The molecule has 0 saturated heterocycles. The Morgan fingerprint density at radius 3 is 2.48 bits per heavy atom. The molecule has 1 aromatic carbocycles. The first-order chi connectivity index (χ1) is 11.8. The number of unbranched alkanes of at least 4 members (excludes halogenated alkanes) is 1. The van der Waals surface area contributed by atoms with Gasteiger partial charge in [-0.15, -0.1) is 0 Å². The monoisotopic (exact) mass is 370 g/mol. The van der Waals surface area contributed by atoms with E-state index in [1.807, 2.05) is 0 Å². The molecule has 0 fully saturated rings. The van der Waals surface area contributed by atoms with Crippen molar-refractivity contribution in [2.45, 2.75) is 26.2 Å². The summed E-state index contributed by atoms with van der Waals surface area (Å²) in [6.07, 6.45) is 3.20. The van der Waals surface area contributed by atoms with E-state index in [0.717, 1.165) is 19.1 Å². The van der Waals surface area contributed by atoms with Crippen LogP contribution in [0.5, 0.6) is 11.5 Å². The van der Waals surface area contributed by atoms with Gasteiger partial charge in [-0.2, -0.15) is 0 Å². The van der Waals surface area contributed by atoms with Crippen LogP contribution >= 0.6 is 0 Å². The predicted molar refractivity (Wildman–Crippen MR) is 96.8 cm³/mol. The third kappa shape index (κ3) is 5.26. The Kier molecular flexibility index (Phi) is 6.52. The summed E-state index contributed by atoms with van der Waals surface area (Å²) in [6.45, 7) is 3.73. The fourth-order valence-electron chi connectivity index (χ4n) is 2.58. The Morgan fingerprint density at radius 1 is 1.16 bits per heavy atom. The summed E-state index contributed by atoms with van der Waals surface area (Å²) in [6, 6.07) is 5.00. The molecule has 140 valence electrons. The Labute approximate surface area is 149 Å². The van der Waals surface area contributed by atoms with Crippen molar-refractivity contribution in [3.63, 3.8) is 0 Å². The van der Waals surface area contributed by atoms with E-state index in [9.17, 15) is 13.2 Å². The van der Waals surface area contributed by atoms with E-state index >= 15 is 0 Å². The molecule has 7 nitrogen and oxygen atoms in total. The minimum Gasteiger partial charge on any atom is -0.486 e. The molecule has 2 rings (SSSR count). The number of carbonyl (C=O) groups excluding carboxylic acids is 1. The number of ether oxygens (including phenoxy) is 2. The molecule has 1 heterocycles. The van der Waals surface area contributed by atoms with Crippen molar-refractivity contribution in [3.8, 4) is 11.5 Å². The molecule has 0 aliphatic carbocycles. The van der Waals surface area contributed by atoms with Crippen molar-refractivity contribution >= 4 is 21.6 Å². The van der Waals surface area contributed by atoms with E-state index in [4.69, 9.17) is 9.47 Å². The highest BCUT2D eigenvalue weighted by Crippen LogP contribution is 2.34. The highest BCUT2D eigenvalue weighted by Gasteiger charge is 2.22. The molecule has 0 N–H and O–H groups in total. The average Bonchev–Trinajstić information content (AvgIpc) is 2.58. The predicted octanol–water partition coefficient (Wildman–Crippen LogP) is 1.87. The highest BCUT2D eigenvalue weighted by molar-refractivity contribution is 7.92. The minimum atomic E-state index is -3.52. The summed E-state index contributed by atoms with van der Waals surface area (Å²) in [7, 11) is -1.77. The molecular weight excluding hydrogens is 344 g/mol. The minimum absolute atomic E-state index is 0.0698. The maximum absolute atomic E-state index is 12.2. The molecule has 0 spiro atoms. The lowest BCUT2D eigenvalue weighted by Crippen LogP contribution is -2.35. The maximum atomic E-state index is 12.2. The van der Waals surface area contributed by atoms with E-state index in [-0.39, 0.29) is 18.9 Å². The Balaban J connectivity index is 2.11. The van der Waals surface area contributed by atoms with E-state index in [2.05, 4.69) is 6.92 Å². The van der Waals surface area contributed by atoms with Crippen LogP contribution in [-0.2, 0) is 14.8 Å². The van der Waals surface area contributed by atoms with E-state index in [1.54, 1.807) is 30.1 Å². The second-order valence-electron chi connectivity index (χ2n) is 6.08. The normalized spacial score (nSPS) is 13.4. The lowest BCUT2D eigenvalue weighted by molar-refractivity contribution is -0.129. The fraction of sp³-hybridized carbons (Fsp3) is 0.588. The second kappa shape index (κ2) is 8.42. The number of carbonyl (C=O) groups is 1. The van der Waals surface area contributed by atoms with Crippen LogP contribution in [0.25, 0.3) is 0 Å².